The van der Waals surface area contributed by atoms with Crippen LogP contribution in [0, 0.1) is 0 Å². The van der Waals surface area contributed by atoms with Crippen LogP contribution in [0.15, 0.2) is 60.7 Å². The highest BCUT2D eigenvalue weighted by Gasteiger charge is 2.59. The lowest BCUT2D eigenvalue weighted by Gasteiger charge is -2.33. The van der Waals surface area contributed by atoms with E-state index in [1.165, 1.54) is 0 Å². The van der Waals surface area contributed by atoms with Crippen molar-refractivity contribution in [1.82, 2.24) is 0 Å². The van der Waals surface area contributed by atoms with E-state index in [2.05, 4.69) is 0 Å². The van der Waals surface area contributed by atoms with Crippen LogP contribution in [-0.4, -0.2) is 71.4 Å². The van der Waals surface area contributed by atoms with E-state index in [0.717, 1.165) is 0 Å². The lowest BCUT2D eigenvalue weighted by atomic mass is 10.00. The maximum Gasteiger partial charge on any atom is 0.338 e. The minimum atomic E-state index is -1.52. The van der Waals surface area contributed by atoms with Gasteiger partial charge in [-0.05, 0) is 37.1 Å². The Bertz CT molecular complexity index is 992. The first kappa shape index (κ1) is 25.3. The third-order valence-corrected chi connectivity index (χ3v) is 6.40. The Balaban J connectivity index is 1.72. The van der Waals surface area contributed by atoms with Gasteiger partial charge in [0.1, 0.15) is 18.3 Å². The third-order valence-electron chi connectivity index (χ3n) is 6.40. The van der Waals surface area contributed by atoms with Crippen LogP contribution >= 0.6 is 0 Å². The van der Waals surface area contributed by atoms with Gasteiger partial charge in [-0.25, -0.2) is 9.59 Å². The molecule has 2 N–H and O–H groups in total. The zero-order chi connectivity index (χ0) is 25.0. The van der Waals surface area contributed by atoms with Crippen LogP contribution in [0.2, 0.25) is 0 Å². The Morgan fingerprint density at radius 2 is 1.31 bits per heavy atom. The van der Waals surface area contributed by atoms with Gasteiger partial charge in [0.2, 0.25) is 0 Å². The SMILES string of the molecule is CCC1(CC)O[C@@H]2[C@@H](OC(=O)c3ccccc3)[C@H](OC(=O)c3ccccc3)[C@@H](CO)OC(O)[C@@H]2O1. The summed E-state index contributed by atoms with van der Waals surface area (Å²) in [6, 6.07) is 16.6. The number of aliphatic hydroxyl groups excluding tert-OH is 2. The van der Waals surface area contributed by atoms with Gasteiger partial charge >= 0.3 is 11.9 Å². The van der Waals surface area contributed by atoms with Gasteiger partial charge in [-0.15, -0.1) is 0 Å². The average Bonchev–Trinajstić information content (AvgIpc) is 3.27. The van der Waals surface area contributed by atoms with Gasteiger partial charge in [0.25, 0.3) is 0 Å². The Morgan fingerprint density at radius 3 is 1.80 bits per heavy atom. The standard InChI is InChI=1S/C26H30O9/c1-3-26(4-2)34-21-20(33-24(29)17-13-9-6-10-14-17)19(18(15-27)31-25(30)22(21)35-26)32-23(28)16-11-7-5-8-12-16/h5-14,18-22,25,27,30H,3-4,15H2,1-2H3/t18-,19-,20+,21-,22-,25?/m1/s1. The maximum atomic E-state index is 13.1. The lowest BCUT2D eigenvalue weighted by molar-refractivity contribution is -0.245. The van der Waals surface area contributed by atoms with Gasteiger partial charge in [-0.3, -0.25) is 0 Å². The van der Waals surface area contributed by atoms with Crippen LogP contribution in [0.4, 0.5) is 0 Å². The van der Waals surface area contributed by atoms with Gasteiger partial charge in [0, 0.05) is 0 Å². The predicted octanol–water partition coefficient (Wildman–Crippen LogP) is 2.45. The van der Waals surface area contributed by atoms with Crippen molar-refractivity contribution in [2.75, 3.05) is 6.61 Å². The number of hydrogen-bond donors (Lipinski definition) is 2. The van der Waals surface area contributed by atoms with Crippen molar-refractivity contribution in [2.24, 2.45) is 0 Å². The molecule has 2 aliphatic heterocycles. The summed E-state index contributed by atoms with van der Waals surface area (Å²) in [4.78, 5) is 26.0. The summed E-state index contributed by atoms with van der Waals surface area (Å²) in [6.45, 7) is 3.13. The number of rotatable bonds is 7. The summed E-state index contributed by atoms with van der Waals surface area (Å²) in [5.41, 5.74) is 0.540. The van der Waals surface area contributed by atoms with Gasteiger partial charge in [0.15, 0.2) is 24.3 Å². The summed E-state index contributed by atoms with van der Waals surface area (Å²) in [5.74, 6) is -2.43. The molecule has 0 amide bonds. The molecule has 0 aromatic heterocycles. The number of esters is 2. The van der Waals surface area contributed by atoms with Crippen LogP contribution in [0.25, 0.3) is 0 Å². The number of carbonyl (C=O) groups is 2. The molecule has 6 atom stereocenters. The molecule has 9 nitrogen and oxygen atoms in total. The number of ether oxygens (including phenoxy) is 5. The van der Waals surface area contributed by atoms with Gasteiger partial charge < -0.3 is 33.9 Å². The Labute approximate surface area is 203 Å². The highest BCUT2D eigenvalue weighted by molar-refractivity contribution is 5.90. The van der Waals surface area contributed by atoms with E-state index < -0.39 is 61.1 Å². The van der Waals surface area contributed by atoms with Gasteiger partial charge in [-0.2, -0.15) is 0 Å². The molecule has 188 valence electrons. The van der Waals surface area contributed by atoms with Crippen molar-refractivity contribution in [3.63, 3.8) is 0 Å². The van der Waals surface area contributed by atoms with E-state index in [9.17, 15) is 19.8 Å². The lowest BCUT2D eigenvalue weighted by Crippen LogP contribution is -2.51. The van der Waals surface area contributed by atoms with Gasteiger partial charge in [-0.1, -0.05) is 50.2 Å². The summed E-state index contributed by atoms with van der Waals surface area (Å²) < 4.78 is 29.6. The first-order valence-corrected chi connectivity index (χ1v) is 11.7. The number of aliphatic hydroxyl groups is 2. The molecule has 0 spiro atoms. The molecular formula is C26H30O9. The number of carbonyl (C=O) groups excluding carboxylic acids is 2. The average molecular weight is 487 g/mol. The first-order valence-electron chi connectivity index (χ1n) is 11.7. The number of benzene rings is 2. The normalized spacial score (nSPS) is 29.6. The summed E-state index contributed by atoms with van der Waals surface area (Å²) in [6.07, 6.45) is -6.41. The molecule has 9 heteroatoms. The molecule has 35 heavy (non-hydrogen) atoms. The molecule has 2 fully saturated rings. The molecule has 0 saturated carbocycles. The fourth-order valence-electron chi connectivity index (χ4n) is 4.40. The fourth-order valence-corrected chi connectivity index (χ4v) is 4.40. The molecule has 2 heterocycles. The molecule has 1 unspecified atom stereocenters. The molecule has 2 saturated heterocycles. The maximum absolute atomic E-state index is 13.1. The van der Waals surface area contributed by atoms with Crippen molar-refractivity contribution in [3.05, 3.63) is 71.8 Å². The van der Waals surface area contributed by atoms with Crippen molar-refractivity contribution >= 4 is 11.9 Å². The summed E-state index contributed by atoms with van der Waals surface area (Å²) in [5, 5.41) is 20.9. The van der Waals surface area contributed by atoms with Crippen molar-refractivity contribution in [2.45, 2.75) is 69.3 Å². The van der Waals surface area contributed by atoms with E-state index in [1.807, 2.05) is 13.8 Å². The van der Waals surface area contributed by atoms with Crippen LogP contribution in [0.1, 0.15) is 47.4 Å². The molecule has 2 aromatic rings. The minimum absolute atomic E-state index is 0.263. The molecule has 0 radical (unpaired) electrons. The molecule has 2 aromatic carbocycles. The van der Waals surface area contributed by atoms with E-state index in [-0.39, 0.29) is 11.1 Å². The van der Waals surface area contributed by atoms with E-state index in [1.54, 1.807) is 60.7 Å². The first-order chi connectivity index (χ1) is 16.9. The second-order valence-corrected chi connectivity index (χ2v) is 8.50. The highest BCUT2D eigenvalue weighted by Crippen LogP contribution is 2.41. The molecule has 4 rings (SSSR count). The quantitative estimate of drug-likeness (QED) is 0.569. The smallest absolute Gasteiger partial charge is 0.338 e. The Kier molecular flexibility index (Phi) is 7.83. The largest absolute Gasteiger partial charge is 0.452 e. The van der Waals surface area contributed by atoms with Crippen LogP contribution in [0.5, 0.6) is 0 Å². The van der Waals surface area contributed by atoms with Crippen LogP contribution in [-0.2, 0) is 23.7 Å². The van der Waals surface area contributed by atoms with E-state index in [4.69, 9.17) is 23.7 Å². The number of hydrogen-bond acceptors (Lipinski definition) is 9. The second kappa shape index (κ2) is 10.8. The third kappa shape index (κ3) is 5.24. The van der Waals surface area contributed by atoms with Crippen LogP contribution < -0.4 is 0 Å². The Morgan fingerprint density at radius 1 is 0.829 bits per heavy atom. The fraction of sp³-hybridized carbons (Fsp3) is 0.462. The molecular weight excluding hydrogens is 456 g/mol. The van der Waals surface area contributed by atoms with E-state index >= 15 is 0 Å². The topological polar surface area (TPSA) is 121 Å². The summed E-state index contributed by atoms with van der Waals surface area (Å²) in [7, 11) is 0. The number of fused-ring (bicyclic) bond motifs is 1. The van der Waals surface area contributed by atoms with Crippen LogP contribution in [0.3, 0.4) is 0 Å². The van der Waals surface area contributed by atoms with Crippen molar-refractivity contribution < 1.29 is 43.5 Å². The van der Waals surface area contributed by atoms with Crippen molar-refractivity contribution in [1.29, 1.82) is 0 Å². The Hall–Kier alpha value is -2.82. The molecule has 0 aliphatic carbocycles. The monoisotopic (exact) mass is 486 g/mol. The zero-order valence-corrected chi connectivity index (χ0v) is 19.6. The predicted molar refractivity (Wildman–Crippen MR) is 122 cm³/mol. The van der Waals surface area contributed by atoms with E-state index in [0.29, 0.717) is 12.8 Å². The molecule has 0 bridgehead atoms. The molecule has 2 aliphatic rings. The highest BCUT2D eigenvalue weighted by atomic mass is 16.8. The van der Waals surface area contributed by atoms with Crippen molar-refractivity contribution in [3.8, 4) is 0 Å². The summed E-state index contributed by atoms with van der Waals surface area (Å²) >= 11 is 0. The zero-order valence-electron chi connectivity index (χ0n) is 19.6. The second-order valence-electron chi connectivity index (χ2n) is 8.50. The van der Waals surface area contributed by atoms with Gasteiger partial charge in [0.05, 0.1) is 17.7 Å². The minimum Gasteiger partial charge on any atom is -0.452 e.